The van der Waals surface area contributed by atoms with Crippen molar-refractivity contribution in [3.05, 3.63) is 23.3 Å². The van der Waals surface area contributed by atoms with Crippen LogP contribution in [-0.2, 0) is 14.4 Å². The van der Waals surface area contributed by atoms with Gasteiger partial charge in [0.15, 0.2) is 11.6 Å². The summed E-state index contributed by atoms with van der Waals surface area (Å²) in [4.78, 5) is 40.6. The van der Waals surface area contributed by atoms with Crippen molar-refractivity contribution in [1.29, 1.82) is 5.26 Å². The van der Waals surface area contributed by atoms with Crippen LogP contribution < -0.4 is 5.73 Å². The fraction of sp³-hybridized carbons (Fsp3) is 0.742. The van der Waals surface area contributed by atoms with Gasteiger partial charge in [-0.25, -0.2) is 0 Å². The van der Waals surface area contributed by atoms with Crippen molar-refractivity contribution in [2.75, 3.05) is 0 Å². The molecule has 1 unspecified atom stereocenters. The Kier molecular flexibility index (Phi) is 5.15. The molecule has 6 heteroatoms. The van der Waals surface area contributed by atoms with E-state index in [0.717, 1.165) is 24.8 Å². The fourth-order valence-corrected chi connectivity index (χ4v) is 10.1. The Labute approximate surface area is 220 Å². The predicted octanol–water partition coefficient (Wildman–Crippen LogP) is 4.81. The number of amides is 1. The van der Waals surface area contributed by atoms with Crippen molar-refractivity contribution in [3.8, 4) is 6.07 Å². The lowest BCUT2D eigenvalue weighted by molar-refractivity contribution is -0.242. The monoisotopic (exact) mass is 506 g/mol. The molecule has 37 heavy (non-hydrogen) atoms. The summed E-state index contributed by atoms with van der Waals surface area (Å²) >= 11 is 0. The molecule has 0 aromatic heterocycles. The quantitative estimate of drug-likeness (QED) is 0.529. The molecule has 0 bridgehead atoms. The number of nitrogens with zero attached hydrogens (tertiary/aromatic N) is 1. The average Bonchev–Trinajstić information content (AvgIpc) is 2.80. The second-order valence-electron chi connectivity index (χ2n) is 14.9. The molecule has 0 aromatic carbocycles. The number of hydrogen-bond acceptors (Lipinski definition) is 5. The highest BCUT2D eigenvalue weighted by Crippen LogP contribution is 2.75. The summed E-state index contributed by atoms with van der Waals surface area (Å²) in [5.41, 5.74) is 1.62. The number of Topliss-reactive ketones (excluding diaryl/α,β-unsaturated/α-hetero) is 1. The SMILES string of the molecule is CC1(C)CC[C@]2(C(N)=O)CC[C@@]3(C)[C@]4(C)CC[C@H]5C(C)(C)C(=O)C(C#N)=C[C@]5(C)C4=CC(=O)[C@]3(O)C2C1. The lowest BCUT2D eigenvalue weighted by atomic mass is 9.32. The van der Waals surface area contributed by atoms with E-state index in [1.807, 2.05) is 20.8 Å². The molecule has 0 saturated heterocycles. The number of ketones is 2. The van der Waals surface area contributed by atoms with Gasteiger partial charge in [-0.1, -0.05) is 54.5 Å². The van der Waals surface area contributed by atoms with Crippen molar-refractivity contribution in [3.63, 3.8) is 0 Å². The maximum absolute atomic E-state index is 14.3. The number of nitriles is 1. The number of allylic oxidation sites excluding steroid dienone is 3. The standard InChI is InChI=1S/C31H42N2O4/c1-25(2)10-12-30(24(33)36)13-11-29(7)28(6)9-8-19-26(3,4)23(35)18(17-32)15-27(19,5)20(28)14-22(34)31(29,37)21(30)16-25/h14-15,19,21,37H,8-13,16H2,1-7H3,(H2,33,36)/t19-,21?,27-,28+,29-,30-,31+/m0/s1. The summed E-state index contributed by atoms with van der Waals surface area (Å²) in [6.07, 6.45) is 7.96. The summed E-state index contributed by atoms with van der Waals surface area (Å²) < 4.78 is 0. The Morgan fingerprint density at radius 2 is 1.62 bits per heavy atom. The number of nitrogens with two attached hydrogens (primary N) is 1. The zero-order chi connectivity index (χ0) is 27.6. The minimum atomic E-state index is -1.72. The van der Waals surface area contributed by atoms with Crippen molar-refractivity contribution >= 4 is 17.5 Å². The molecule has 0 aromatic rings. The molecular formula is C31H42N2O4. The van der Waals surface area contributed by atoms with Crippen LogP contribution in [0.15, 0.2) is 23.3 Å². The van der Waals surface area contributed by atoms with Gasteiger partial charge in [0.1, 0.15) is 11.7 Å². The number of fused-ring (bicyclic) bond motifs is 7. The molecule has 1 amide bonds. The van der Waals surface area contributed by atoms with E-state index in [1.165, 1.54) is 0 Å². The van der Waals surface area contributed by atoms with Crippen molar-refractivity contribution < 1.29 is 19.5 Å². The van der Waals surface area contributed by atoms with E-state index < -0.39 is 44.5 Å². The van der Waals surface area contributed by atoms with E-state index in [0.29, 0.717) is 25.7 Å². The van der Waals surface area contributed by atoms with Gasteiger partial charge in [0.2, 0.25) is 5.91 Å². The van der Waals surface area contributed by atoms with Gasteiger partial charge in [0, 0.05) is 22.2 Å². The third kappa shape index (κ3) is 2.82. The Bertz CT molecular complexity index is 1240. The largest absolute Gasteiger partial charge is 0.381 e. The number of carbonyl (C=O) groups is 3. The first-order valence-electron chi connectivity index (χ1n) is 13.8. The van der Waals surface area contributed by atoms with Crippen LogP contribution in [0.4, 0.5) is 0 Å². The molecule has 0 spiro atoms. The minimum Gasteiger partial charge on any atom is -0.381 e. The maximum Gasteiger partial charge on any atom is 0.224 e. The number of primary amides is 1. The zero-order valence-electron chi connectivity index (χ0n) is 23.5. The van der Waals surface area contributed by atoms with Gasteiger partial charge in [-0.05, 0) is 73.3 Å². The van der Waals surface area contributed by atoms with Crippen LogP contribution in [-0.4, -0.2) is 28.2 Å². The first-order chi connectivity index (χ1) is 16.9. The number of rotatable bonds is 1. The van der Waals surface area contributed by atoms with E-state index in [4.69, 9.17) is 5.73 Å². The van der Waals surface area contributed by atoms with Crippen LogP contribution >= 0.6 is 0 Å². The number of hydrogen-bond donors (Lipinski definition) is 2. The highest BCUT2D eigenvalue weighted by molar-refractivity contribution is 6.05. The highest BCUT2D eigenvalue weighted by atomic mass is 16.3. The summed E-state index contributed by atoms with van der Waals surface area (Å²) in [6.45, 7) is 14.4. The summed E-state index contributed by atoms with van der Waals surface area (Å²) in [5, 5.41) is 22.6. The van der Waals surface area contributed by atoms with Crippen LogP contribution in [0.2, 0.25) is 0 Å². The molecule has 6 nitrogen and oxygen atoms in total. The Balaban J connectivity index is 1.76. The molecular weight excluding hydrogens is 464 g/mol. The zero-order valence-corrected chi connectivity index (χ0v) is 23.5. The van der Waals surface area contributed by atoms with E-state index >= 15 is 0 Å². The maximum atomic E-state index is 14.3. The molecule has 200 valence electrons. The lowest BCUT2D eigenvalue weighted by Gasteiger charge is -2.71. The smallest absolute Gasteiger partial charge is 0.224 e. The molecule has 5 aliphatic carbocycles. The molecule has 3 fully saturated rings. The average molecular weight is 507 g/mol. The molecule has 3 saturated carbocycles. The molecule has 0 aliphatic heterocycles. The van der Waals surface area contributed by atoms with Crippen LogP contribution in [0.5, 0.6) is 0 Å². The van der Waals surface area contributed by atoms with Gasteiger partial charge in [0.25, 0.3) is 0 Å². The summed E-state index contributed by atoms with van der Waals surface area (Å²) in [5.74, 6) is -1.50. The van der Waals surface area contributed by atoms with Gasteiger partial charge in [0.05, 0.1) is 11.0 Å². The fourth-order valence-electron chi connectivity index (χ4n) is 10.1. The van der Waals surface area contributed by atoms with Crippen LogP contribution in [0.1, 0.15) is 93.4 Å². The second-order valence-corrected chi connectivity index (χ2v) is 14.9. The van der Waals surface area contributed by atoms with Gasteiger partial charge in [-0.15, -0.1) is 0 Å². The topological polar surface area (TPSA) is 121 Å². The van der Waals surface area contributed by atoms with Crippen molar-refractivity contribution in [2.45, 2.75) is 99.0 Å². The van der Waals surface area contributed by atoms with E-state index in [9.17, 15) is 24.8 Å². The van der Waals surface area contributed by atoms with Crippen molar-refractivity contribution in [1.82, 2.24) is 0 Å². The highest BCUT2D eigenvalue weighted by Gasteiger charge is 2.76. The minimum absolute atomic E-state index is 0.0616. The molecule has 7 atom stereocenters. The van der Waals surface area contributed by atoms with Gasteiger partial charge in [-0.2, -0.15) is 5.26 Å². The van der Waals surface area contributed by atoms with Crippen molar-refractivity contribution in [2.24, 2.45) is 50.1 Å². The third-order valence-corrected chi connectivity index (χ3v) is 12.5. The van der Waals surface area contributed by atoms with Gasteiger partial charge < -0.3 is 10.8 Å². The van der Waals surface area contributed by atoms with E-state index in [2.05, 4.69) is 33.8 Å². The van der Waals surface area contributed by atoms with Gasteiger partial charge >= 0.3 is 0 Å². The Morgan fingerprint density at radius 3 is 2.22 bits per heavy atom. The molecule has 0 radical (unpaired) electrons. The predicted molar refractivity (Wildman–Crippen MR) is 140 cm³/mol. The van der Waals surface area contributed by atoms with E-state index in [-0.39, 0.29) is 28.5 Å². The second kappa shape index (κ2) is 7.23. The number of aliphatic hydroxyl groups is 1. The molecule has 3 N–H and O–H groups in total. The Hall–Kier alpha value is -2.26. The first kappa shape index (κ1) is 26.4. The summed E-state index contributed by atoms with van der Waals surface area (Å²) in [7, 11) is 0. The molecule has 5 rings (SSSR count). The van der Waals surface area contributed by atoms with Crippen LogP contribution in [0, 0.1) is 55.7 Å². The van der Waals surface area contributed by atoms with E-state index in [1.54, 1.807) is 12.2 Å². The molecule has 0 heterocycles. The lowest BCUT2D eigenvalue weighted by Crippen LogP contribution is -2.75. The van der Waals surface area contributed by atoms with Crippen LogP contribution in [0.25, 0.3) is 0 Å². The number of carbonyl (C=O) groups excluding carboxylic acids is 3. The summed E-state index contributed by atoms with van der Waals surface area (Å²) in [6, 6.07) is 2.12. The van der Waals surface area contributed by atoms with Gasteiger partial charge in [-0.3, -0.25) is 14.4 Å². The Morgan fingerprint density at radius 1 is 1.00 bits per heavy atom. The van der Waals surface area contributed by atoms with Crippen LogP contribution in [0.3, 0.4) is 0 Å². The molecule has 5 aliphatic rings. The third-order valence-electron chi connectivity index (χ3n) is 12.5. The normalized spacial score (nSPS) is 47.8. The first-order valence-corrected chi connectivity index (χ1v) is 13.8.